The number of ether oxygens (including phenoxy) is 1. The van der Waals surface area contributed by atoms with E-state index in [2.05, 4.69) is 22.2 Å². The summed E-state index contributed by atoms with van der Waals surface area (Å²) < 4.78 is 4.57. The first-order valence-corrected chi connectivity index (χ1v) is 8.25. The van der Waals surface area contributed by atoms with E-state index in [0.717, 1.165) is 18.3 Å². The first-order chi connectivity index (χ1) is 10.3. The van der Waals surface area contributed by atoms with E-state index in [9.17, 15) is 0 Å². The monoisotopic (exact) mass is 291 g/mol. The van der Waals surface area contributed by atoms with Gasteiger partial charge in [-0.3, -0.25) is 0 Å². The van der Waals surface area contributed by atoms with Crippen LogP contribution in [-0.2, 0) is 17.6 Å². The molecule has 118 valence electrons. The lowest BCUT2D eigenvalue weighted by Crippen LogP contribution is -2.15. The molecule has 21 heavy (non-hydrogen) atoms. The van der Waals surface area contributed by atoms with Crippen molar-refractivity contribution in [3.05, 3.63) is 23.4 Å². The Bertz CT molecular complexity index is 416. The molecule has 1 aromatic heterocycles. The highest BCUT2D eigenvalue weighted by molar-refractivity contribution is 5.46. The van der Waals surface area contributed by atoms with Crippen LogP contribution in [0.2, 0.25) is 0 Å². The van der Waals surface area contributed by atoms with Gasteiger partial charge in [0.2, 0.25) is 0 Å². The maximum absolute atomic E-state index is 5.01. The van der Waals surface area contributed by atoms with Crippen LogP contribution >= 0.6 is 0 Å². The van der Waals surface area contributed by atoms with Crippen molar-refractivity contribution in [3.63, 3.8) is 0 Å². The Kier molecular flexibility index (Phi) is 6.96. The minimum absolute atomic E-state index is 0.622. The van der Waals surface area contributed by atoms with Gasteiger partial charge in [-0.05, 0) is 43.2 Å². The Labute approximate surface area is 128 Å². The summed E-state index contributed by atoms with van der Waals surface area (Å²) >= 11 is 0. The largest absolute Gasteiger partial charge is 0.383 e. The van der Waals surface area contributed by atoms with Crippen molar-refractivity contribution in [3.8, 4) is 0 Å². The molecule has 3 N–H and O–H groups in total. The number of rotatable bonds is 5. The van der Waals surface area contributed by atoms with E-state index in [-0.39, 0.29) is 0 Å². The SMILES string of the molecule is COCCN.c1cc2c(nc1CCC1CCC1)NCCC2. The van der Waals surface area contributed by atoms with Crippen molar-refractivity contribution >= 4 is 5.82 Å². The van der Waals surface area contributed by atoms with Crippen LogP contribution in [0.5, 0.6) is 0 Å². The lowest BCUT2D eigenvalue weighted by molar-refractivity contribution is 0.207. The number of pyridine rings is 1. The summed E-state index contributed by atoms with van der Waals surface area (Å²) in [6.45, 7) is 2.38. The number of nitrogens with one attached hydrogen (secondary N) is 1. The van der Waals surface area contributed by atoms with Crippen LogP contribution in [0.15, 0.2) is 12.1 Å². The molecule has 0 aromatic carbocycles. The van der Waals surface area contributed by atoms with Crippen LogP contribution in [0, 0.1) is 5.92 Å². The van der Waals surface area contributed by atoms with Crippen molar-refractivity contribution in [2.75, 3.05) is 32.1 Å². The van der Waals surface area contributed by atoms with Crippen LogP contribution in [0.3, 0.4) is 0 Å². The van der Waals surface area contributed by atoms with E-state index in [1.807, 2.05) is 0 Å². The molecular formula is C17H29N3O. The topological polar surface area (TPSA) is 60.2 Å². The molecule has 0 spiro atoms. The number of nitrogens with two attached hydrogens (primary N) is 1. The van der Waals surface area contributed by atoms with Gasteiger partial charge in [-0.2, -0.15) is 0 Å². The third-order valence-electron chi connectivity index (χ3n) is 4.31. The Balaban J connectivity index is 0.000000282. The Morgan fingerprint density at radius 3 is 2.81 bits per heavy atom. The van der Waals surface area contributed by atoms with Gasteiger partial charge < -0.3 is 15.8 Å². The molecule has 0 bridgehead atoms. The van der Waals surface area contributed by atoms with Crippen molar-refractivity contribution in [2.24, 2.45) is 11.7 Å². The van der Waals surface area contributed by atoms with Gasteiger partial charge in [0.05, 0.1) is 6.61 Å². The molecule has 0 saturated heterocycles. The summed E-state index contributed by atoms with van der Waals surface area (Å²) in [5.74, 6) is 2.14. The molecule has 0 atom stereocenters. The fourth-order valence-electron chi connectivity index (χ4n) is 2.76. The second-order valence-electron chi connectivity index (χ2n) is 5.96. The molecule has 0 amide bonds. The summed E-state index contributed by atoms with van der Waals surface area (Å²) in [4.78, 5) is 4.73. The minimum atomic E-state index is 0.622. The summed E-state index contributed by atoms with van der Waals surface area (Å²) in [7, 11) is 1.63. The summed E-state index contributed by atoms with van der Waals surface area (Å²) in [6.07, 6.45) is 9.29. The first kappa shape index (κ1) is 16.2. The lowest BCUT2D eigenvalue weighted by Gasteiger charge is -2.25. The lowest BCUT2D eigenvalue weighted by atomic mass is 9.82. The molecule has 1 saturated carbocycles. The van der Waals surface area contributed by atoms with Gasteiger partial charge >= 0.3 is 0 Å². The van der Waals surface area contributed by atoms with Gasteiger partial charge in [-0.1, -0.05) is 25.3 Å². The van der Waals surface area contributed by atoms with E-state index >= 15 is 0 Å². The van der Waals surface area contributed by atoms with E-state index in [1.54, 1.807) is 7.11 Å². The highest BCUT2D eigenvalue weighted by Crippen LogP contribution is 2.30. The Morgan fingerprint density at radius 2 is 2.19 bits per heavy atom. The zero-order chi connectivity index (χ0) is 14.9. The summed E-state index contributed by atoms with van der Waals surface area (Å²) in [5, 5.41) is 3.41. The molecule has 1 aliphatic carbocycles. The van der Waals surface area contributed by atoms with Gasteiger partial charge in [-0.25, -0.2) is 4.98 Å². The van der Waals surface area contributed by atoms with Crippen LogP contribution in [0.25, 0.3) is 0 Å². The third kappa shape index (κ3) is 5.29. The molecule has 2 heterocycles. The molecule has 0 unspecified atom stereocenters. The molecule has 1 fully saturated rings. The minimum Gasteiger partial charge on any atom is -0.383 e. The van der Waals surface area contributed by atoms with E-state index in [4.69, 9.17) is 10.7 Å². The number of methoxy groups -OCH3 is 1. The number of anilines is 1. The van der Waals surface area contributed by atoms with Crippen molar-refractivity contribution in [2.45, 2.75) is 44.9 Å². The number of aryl methyl sites for hydroxylation is 2. The van der Waals surface area contributed by atoms with E-state index < -0.39 is 0 Å². The highest BCUT2D eigenvalue weighted by atomic mass is 16.5. The second kappa shape index (κ2) is 9.00. The average Bonchev–Trinajstić information content (AvgIpc) is 2.47. The molecule has 0 radical (unpaired) electrons. The van der Waals surface area contributed by atoms with Gasteiger partial charge in [0.25, 0.3) is 0 Å². The maximum atomic E-state index is 5.01. The quantitative estimate of drug-likeness (QED) is 0.876. The predicted octanol–water partition coefficient (Wildman–Crippen LogP) is 2.76. The zero-order valence-corrected chi connectivity index (χ0v) is 13.2. The van der Waals surface area contributed by atoms with Crippen LogP contribution in [-0.4, -0.2) is 31.8 Å². The Morgan fingerprint density at radius 1 is 1.33 bits per heavy atom. The van der Waals surface area contributed by atoms with Gasteiger partial charge in [0, 0.05) is 25.9 Å². The summed E-state index contributed by atoms with van der Waals surface area (Å²) in [5.41, 5.74) is 7.69. The van der Waals surface area contributed by atoms with Crippen LogP contribution in [0.4, 0.5) is 5.82 Å². The molecule has 3 rings (SSSR count). The normalized spacial score (nSPS) is 17.0. The molecule has 1 aromatic rings. The number of fused-ring (bicyclic) bond motifs is 1. The fraction of sp³-hybridized carbons (Fsp3) is 0.706. The van der Waals surface area contributed by atoms with E-state index in [0.29, 0.717) is 13.2 Å². The number of hydrogen-bond acceptors (Lipinski definition) is 4. The Hall–Kier alpha value is -1.13. The van der Waals surface area contributed by atoms with Gasteiger partial charge in [-0.15, -0.1) is 0 Å². The predicted molar refractivity (Wildman–Crippen MR) is 87.6 cm³/mol. The third-order valence-corrected chi connectivity index (χ3v) is 4.31. The maximum Gasteiger partial charge on any atom is 0.129 e. The number of nitrogens with zero attached hydrogens (tertiary/aromatic N) is 1. The molecule has 4 heteroatoms. The highest BCUT2D eigenvalue weighted by Gasteiger charge is 2.17. The standard InChI is InChI=1S/C14H20N2.C3H9NO/c1-3-11(4-1)6-8-13-9-7-12-5-2-10-15-14(12)16-13;1-5-3-2-4/h7,9,11H,1-6,8,10H2,(H,15,16);2-4H2,1H3. The summed E-state index contributed by atoms with van der Waals surface area (Å²) in [6, 6.07) is 4.50. The second-order valence-corrected chi connectivity index (χ2v) is 5.96. The zero-order valence-electron chi connectivity index (χ0n) is 13.2. The van der Waals surface area contributed by atoms with Crippen molar-refractivity contribution in [1.82, 2.24) is 4.98 Å². The molecular weight excluding hydrogens is 262 g/mol. The van der Waals surface area contributed by atoms with E-state index in [1.165, 1.54) is 56.2 Å². The fourth-order valence-corrected chi connectivity index (χ4v) is 2.76. The smallest absolute Gasteiger partial charge is 0.129 e. The average molecular weight is 291 g/mol. The molecule has 1 aliphatic heterocycles. The van der Waals surface area contributed by atoms with Crippen molar-refractivity contribution < 1.29 is 4.74 Å². The van der Waals surface area contributed by atoms with Crippen molar-refractivity contribution in [1.29, 1.82) is 0 Å². The van der Waals surface area contributed by atoms with Crippen LogP contribution < -0.4 is 11.1 Å². The molecule has 4 nitrogen and oxygen atoms in total. The first-order valence-electron chi connectivity index (χ1n) is 8.25. The molecule has 2 aliphatic rings. The van der Waals surface area contributed by atoms with Gasteiger partial charge in [0.1, 0.15) is 5.82 Å². The number of hydrogen-bond donors (Lipinski definition) is 2. The van der Waals surface area contributed by atoms with Gasteiger partial charge in [0.15, 0.2) is 0 Å². The number of aromatic nitrogens is 1. The van der Waals surface area contributed by atoms with Crippen LogP contribution in [0.1, 0.15) is 43.4 Å².